The van der Waals surface area contributed by atoms with E-state index in [1.54, 1.807) is 0 Å². The van der Waals surface area contributed by atoms with Crippen LogP contribution >= 0.6 is 27.5 Å². The Hall–Kier alpha value is -1.60. The van der Waals surface area contributed by atoms with Crippen LogP contribution in [-0.2, 0) is 9.59 Å². The molecule has 0 heterocycles. The minimum atomic E-state index is -1.29. The average molecular weight is 351 g/mol. The summed E-state index contributed by atoms with van der Waals surface area (Å²) >= 11 is 8.97. The Morgan fingerprint density at radius 1 is 1.16 bits per heavy atom. The summed E-state index contributed by atoms with van der Waals surface area (Å²) in [6.45, 7) is -1.39. The number of nitrogens with zero attached hydrogens (tertiary/aromatic N) is 1. The van der Waals surface area contributed by atoms with Crippen molar-refractivity contribution in [2.75, 3.05) is 13.1 Å². The number of carbonyl (C=O) groups excluding carboxylic acids is 1. The standard InChI is InChI=1S/C11H9BrClNO5/c12-7-2-1-6(3-8(7)13)11(19)14(4-9(15)16)5-10(17)18/h1-3H,4-5H2,(H,15,16)(H,17,18). The fourth-order valence-electron chi connectivity index (χ4n) is 1.34. The van der Waals surface area contributed by atoms with Gasteiger partial charge in [-0.1, -0.05) is 11.6 Å². The molecular formula is C11H9BrClNO5. The summed E-state index contributed by atoms with van der Waals surface area (Å²) in [7, 11) is 0. The fraction of sp³-hybridized carbons (Fsp3) is 0.182. The van der Waals surface area contributed by atoms with Crippen LogP contribution in [0.2, 0.25) is 5.02 Å². The number of rotatable bonds is 5. The number of carboxylic acids is 2. The van der Waals surface area contributed by atoms with Gasteiger partial charge in [-0.2, -0.15) is 0 Å². The van der Waals surface area contributed by atoms with E-state index in [0.717, 1.165) is 0 Å². The molecule has 1 aromatic carbocycles. The van der Waals surface area contributed by atoms with E-state index in [-0.39, 0.29) is 10.6 Å². The summed E-state index contributed by atoms with van der Waals surface area (Å²) in [5.74, 6) is -3.30. The summed E-state index contributed by atoms with van der Waals surface area (Å²) in [6.07, 6.45) is 0. The smallest absolute Gasteiger partial charge is 0.323 e. The number of carbonyl (C=O) groups is 3. The predicted molar refractivity (Wildman–Crippen MR) is 70.3 cm³/mol. The van der Waals surface area contributed by atoms with Gasteiger partial charge in [-0.3, -0.25) is 14.4 Å². The molecule has 19 heavy (non-hydrogen) atoms. The van der Waals surface area contributed by atoms with Gasteiger partial charge in [0.1, 0.15) is 13.1 Å². The van der Waals surface area contributed by atoms with Gasteiger partial charge >= 0.3 is 11.9 Å². The summed E-state index contributed by atoms with van der Waals surface area (Å²) in [6, 6.07) is 4.29. The highest BCUT2D eigenvalue weighted by molar-refractivity contribution is 9.10. The van der Waals surface area contributed by atoms with Crippen LogP contribution in [0.15, 0.2) is 22.7 Å². The summed E-state index contributed by atoms with van der Waals surface area (Å²) in [5, 5.41) is 17.6. The first-order valence-electron chi connectivity index (χ1n) is 4.99. The first-order chi connectivity index (χ1) is 8.81. The number of amides is 1. The van der Waals surface area contributed by atoms with Gasteiger partial charge in [-0.25, -0.2) is 0 Å². The Balaban J connectivity index is 3.00. The zero-order valence-corrected chi connectivity index (χ0v) is 11.8. The molecule has 102 valence electrons. The lowest BCUT2D eigenvalue weighted by Crippen LogP contribution is -2.39. The van der Waals surface area contributed by atoms with Gasteiger partial charge in [-0.15, -0.1) is 0 Å². The molecule has 2 N–H and O–H groups in total. The van der Waals surface area contributed by atoms with Crippen molar-refractivity contribution in [2.24, 2.45) is 0 Å². The number of benzene rings is 1. The third-order valence-electron chi connectivity index (χ3n) is 2.11. The van der Waals surface area contributed by atoms with E-state index >= 15 is 0 Å². The molecule has 0 saturated carbocycles. The molecule has 0 aliphatic carbocycles. The summed E-state index contributed by atoms with van der Waals surface area (Å²) < 4.78 is 0.578. The molecule has 0 fully saturated rings. The minimum absolute atomic E-state index is 0.121. The van der Waals surface area contributed by atoms with E-state index in [1.807, 2.05) is 0 Å². The summed E-state index contributed by atoms with van der Waals surface area (Å²) in [4.78, 5) is 34.0. The molecule has 1 aromatic rings. The predicted octanol–water partition coefficient (Wildman–Crippen LogP) is 1.71. The molecule has 0 saturated heterocycles. The van der Waals surface area contributed by atoms with E-state index < -0.39 is 30.9 Å². The normalized spacial score (nSPS) is 10.0. The molecule has 0 atom stereocenters. The number of hydrogen-bond acceptors (Lipinski definition) is 3. The zero-order chi connectivity index (χ0) is 14.6. The second kappa shape index (κ2) is 6.53. The highest BCUT2D eigenvalue weighted by Gasteiger charge is 2.21. The van der Waals surface area contributed by atoms with Crippen molar-refractivity contribution >= 4 is 45.4 Å². The van der Waals surface area contributed by atoms with Crippen LogP contribution in [-0.4, -0.2) is 46.0 Å². The maximum Gasteiger partial charge on any atom is 0.323 e. The molecule has 0 aromatic heterocycles. The molecular weight excluding hydrogens is 341 g/mol. The van der Waals surface area contributed by atoms with Gasteiger partial charge in [0.25, 0.3) is 5.91 Å². The SMILES string of the molecule is O=C(O)CN(CC(=O)O)C(=O)c1ccc(Br)c(Cl)c1. The zero-order valence-electron chi connectivity index (χ0n) is 9.47. The third kappa shape index (κ3) is 4.53. The second-order valence-electron chi connectivity index (χ2n) is 3.58. The third-order valence-corrected chi connectivity index (χ3v) is 3.34. The fourth-order valence-corrected chi connectivity index (χ4v) is 1.76. The topological polar surface area (TPSA) is 94.9 Å². The molecule has 6 nitrogen and oxygen atoms in total. The van der Waals surface area contributed by atoms with Crippen LogP contribution in [0.5, 0.6) is 0 Å². The van der Waals surface area contributed by atoms with Crippen LogP contribution in [0.25, 0.3) is 0 Å². The van der Waals surface area contributed by atoms with Crippen molar-refractivity contribution in [3.63, 3.8) is 0 Å². The average Bonchev–Trinajstić information content (AvgIpc) is 2.29. The molecule has 1 rings (SSSR count). The van der Waals surface area contributed by atoms with Crippen molar-refractivity contribution in [2.45, 2.75) is 0 Å². The van der Waals surface area contributed by atoms with Crippen LogP contribution < -0.4 is 0 Å². The lowest BCUT2D eigenvalue weighted by atomic mass is 10.2. The van der Waals surface area contributed by atoms with Gasteiger partial charge in [0, 0.05) is 10.0 Å². The Morgan fingerprint density at radius 3 is 2.11 bits per heavy atom. The lowest BCUT2D eigenvalue weighted by molar-refractivity contribution is -0.140. The van der Waals surface area contributed by atoms with Crippen molar-refractivity contribution in [1.82, 2.24) is 4.90 Å². The Morgan fingerprint density at radius 2 is 1.68 bits per heavy atom. The molecule has 1 amide bonds. The van der Waals surface area contributed by atoms with Gasteiger partial charge in [0.05, 0.1) is 5.02 Å². The largest absolute Gasteiger partial charge is 0.480 e. The second-order valence-corrected chi connectivity index (χ2v) is 4.84. The van der Waals surface area contributed by atoms with Crippen molar-refractivity contribution in [3.05, 3.63) is 33.3 Å². The van der Waals surface area contributed by atoms with Gasteiger partial charge in [-0.05, 0) is 34.1 Å². The van der Waals surface area contributed by atoms with E-state index in [0.29, 0.717) is 9.37 Å². The van der Waals surface area contributed by atoms with Crippen molar-refractivity contribution in [1.29, 1.82) is 0 Å². The van der Waals surface area contributed by atoms with Crippen LogP contribution in [0.4, 0.5) is 0 Å². The van der Waals surface area contributed by atoms with Crippen LogP contribution in [0.3, 0.4) is 0 Å². The van der Waals surface area contributed by atoms with E-state index in [9.17, 15) is 14.4 Å². The molecule has 8 heteroatoms. The monoisotopic (exact) mass is 349 g/mol. The van der Waals surface area contributed by atoms with Gasteiger partial charge in [0.15, 0.2) is 0 Å². The first kappa shape index (κ1) is 15.5. The molecule has 0 unspecified atom stereocenters. The van der Waals surface area contributed by atoms with E-state index in [2.05, 4.69) is 15.9 Å². The quantitative estimate of drug-likeness (QED) is 0.843. The number of carboxylic acid groups (broad SMARTS) is 2. The van der Waals surface area contributed by atoms with Crippen molar-refractivity contribution in [3.8, 4) is 0 Å². The minimum Gasteiger partial charge on any atom is -0.480 e. The van der Waals surface area contributed by atoms with Crippen LogP contribution in [0, 0.1) is 0 Å². The molecule has 0 radical (unpaired) electrons. The van der Waals surface area contributed by atoms with Crippen LogP contribution in [0.1, 0.15) is 10.4 Å². The Labute approximate surface area is 121 Å². The molecule has 0 aliphatic heterocycles. The number of hydrogen-bond donors (Lipinski definition) is 2. The highest BCUT2D eigenvalue weighted by Crippen LogP contribution is 2.23. The van der Waals surface area contributed by atoms with E-state index in [1.165, 1.54) is 18.2 Å². The molecule has 0 bridgehead atoms. The maximum atomic E-state index is 12.0. The first-order valence-corrected chi connectivity index (χ1v) is 6.16. The van der Waals surface area contributed by atoms with Gasteiger partial charge in [0.2, 0.25) is 0 Å². The summed E-state index contributed by atoms with van der Waals surface area (Å²) in [5.41, 5.74) is 0.121. The Kier molecular flexibility index (Phi) is 5.31. The van der Waals surface area contributed by atoms with Crippen molar-refractivity contribution < 1.29 is 24.6 Å². The van der Waals surface area contributed by atoms with E-state index in [4.69, 9.17) is 21.8 Å². The molecule has 0 aliphatic rings. The molecule has 0 spiro atoms. The highest BCUT2D eigenvalue weighted by atomic mass is 79.9. The Bertz CT molecular complexity index is 518. The lowest BCUT2D eigenvalue weighted by Gasteiger charge is -2.18. The number of halogens is 2. The number of aliphatic carboxylic acids is 2. The maximum absolute atomic E-state index is 12.0. The van der Waals surface area contributed by atoms with Gasteiger partial charge < -0.3 is 15.1 Å².